The first-order valence-corrected chi connectivity index (χ1v) is 10.9. The number of thiophene rings is 1. The summed E-state index contributed by atoms with van der Waals surface area (Å²) in [6.07, 6.45) is 1.55. The molecule has 5 nitrogen and oxygen atoms in total. The number of fused-ring (bicyclic) bond motifs is 1. The molecular weight excluding hydrogens is 497 g/mol. The Morgan fingerprint density at radius 1 is 1.17 bits per heavy atom. The van der Waals surface area contributed by atoms with Crippen molar-refractivity contribution in [3.8, 4) is 0 Å². The number of hydrogen-bond donors (Lipinski definition) is 1. The normalized spacial score (nSPS) is 11.0. The Balaban J connectivity index is 1.69. The fourth-order valence-electron chi connectivity index (χ4n) is 3.21. The van der Waals surface area contributed by atoms with Gasteiger partial charge in [-0.2, -0.15) is 0 Å². The van der Waals surface area contributed by atoms with Crippen LogP contribution in [0.4, 0.5) is 5.69 Å². The number of anilines is 1. The molecule has 2 aromatic carbocycles. The highest BCUT2D eigenvalue weighted by atomic mass is 127. The highest BCUT2D eigenvalue weighted by Crippen LogP contribution is 2.28. The molecule has 1 N–H and O–H groups in total. The van der Waals surface area contributed by atoms with E-state index in [9.17, 15) is 9.59 Å². The van der Waals surface area contributed by atoms with Gasteiger partial charge in [-0.1, -0.05) is 30.3 Å². The number of aryl methyl sites for hydroxylation is 2. The Morgan fingerprint density at radius 2 is 1.93 bits per heavy atom. The van der Waals surface area contributed by atoms with Crippen molar-refractivity contribution in [2.24, 2.45) is 0 Å². The van der Waals surface area contributed by atoms with E-state index >= 15 is 0 Å². The van der Waals surface area contributed by atoms with Crippen LogP contribution < -0.4 is 10.9 Å². The van der Waals surface area contributed by atoms with Crippen molar-refractivity contribution in [1.29, 1.82) is 0 Å². The van der Waals surface area contributed by atoms with Crippen LogP contribution in [-0.4, -0.2) is 15.5 Å². The van der Waals surface area contributed by atoms with Crippen molar-refractivity contribution in [2.75, 3.05) is 5.32 Å². The van der Waals surface area contributed by atoms with Gasteiger partial charge in [0.05, 0.1) is 23.1 Å². The number of amides is 1. The summed E-state index contributed by atoms with van der Waals surface area (Å²) >= 11 is 3.49. The zero-order valence-corrected chi connectivity index (χ0v) is 18.9. The van der Waals surface area contributed by atoms with Crippen LogP contribution in [0, 0.1) is 17.4 Å². The molecule has 0 saturated carbocycles. The second kappa shape index (κ2) is 8.08. The molecule has 4 aromatic rings. The zero-order chi connectivity index (χ0) is 20.5. The van der Waals surface area contributed by atoms with E-state index in [2.05, 4.69) is 32.9 Å². The molecule has 0 aliphatic rings. The van der Waals surface area contributed by atoms with Gasteiger partial charge in [-0.3, -0.25) is 14.2 Å². The van der Waals surface area contributed by atoms with E-state index in [1.165, 1.54) is 11.3 Å². The van der Waals surface area contributed by atoms with Gasteiger partial charge in [0.25, 0.3) is 11.5 Å². The van der Waals surface area contributed by atoms with Crippen LogP contribution in [0.2, 0.25) is 0 Å². The molecule has 0 fully saturated rings. The third kappa shape index (κ3) is 3.97. The van der Waals surface area contributed by atoms with Crippen molar-refractivity contribution in [3.63, 3.8) is 0 Å². The summed E-state index contributed by atoms with van der Waals surface area (Å²) in [7, 11) is 0. The number of rotatable bonds is 4. The van der Waals surface area contributed by atoms with Crippen molar-refractivity contribution in [1.82, 2.24) is 9.55 Å². The molecule has 2 aromatic heterocycles. The molecule has 0 aliphatic heterocycles. The number of benzene rings is 2. The Bertz CT molecular complexity index is 1280. The third-order valence-corrected chi connectivity index (χ3v) is 6.63. The lowest BCUT2D eigenvalue weighted by Crippen LogP contribution is -2.21. The van der Waals surface area contributed by atoms with E-state index in [0.717, 1.165) is 20.4 Å². The summed E-state index contributed by atoms with van der Waals surface area (Å²) in [5, 5.41) is 3.47. The van der Waals surface area contributed by atoms with E-state index in [-0.39, 0.29) is 11.5 Å². The first-order valence-electron chi connectivity index (χ1n) is 9.04. The average Bonchev–Trinajstić information content (AvgIpc) is 3.04. The largest absolute Gasteiger partial charge is 0.321 e. The monoisotopic (exact) mass is 515 g/mol. The maximum Gasteiger partial charge on any atom is 0.266 e. The van der Waals surface area contributed by atoms with E-state index in [1.807, 2.05) is 62.4 Å². The van der Waals surface area contributed by atoms with Crippen LogP contribution in [0.5, 0.6) is 0 Å². The van der Waals surface area contributed by atoms with Crippen LogP contribution >= 0.6 is 33.9 Å². The summed E-state index contributed by atoms with van der Waals surface area (Å²) < 4.78 is 2.70. The lowest BCUT2D eigenvalue weighted by molar-refractivity contribution is 0.103. The Hall–Kier alpha value is -2.52. The molecule has 2 heterocycles. The van der Waals surface area contributed by atoms with Crippen molar-refractivity contribution < 1.29 is 4.79 Å². The third-order valence-electron chi connectivity index (χ3n) is 4.76. The highest BCUT2D eigenvalue weighted by molar-refractivity contribution is 14.1. The van der Waals surface area contributed by atoms with Gasteiger partial charge in [-0.25, -0.2) is 4.98 Å². The number of carbonyl (C=O) groups excluding carboxylic acids is 1. The van der Waals surface area contributed by atoms with Crippen LogP contribution in [-0.2, 0) is 6.54 Å². The molecular formula is C22H18IN3O2S. The molecule has 0 unspecified atom stereocenters. The standard InChI is InChI=1S/C22H18IN3O2S/c1-13-10-16(23)8-9-17(13)25-20(27)19-14(2)18-21(29-19)24-12-26(22(18)28)11-15-6-4-3-5-7-15/h3-10,12H,11H2,1-2H3,(H,25,27). The number of halogens is 1. The topological polar surface area (TPSA) is 64.0 Å². The van der Waals surface area contributed by atoms with E-state index in [4.69, 9.17) is 0 Å². The molecule has 29 heavy (non-hydrogen) atoms. The smallest absolute Gasteiger partial charge is 0.266 e. The lowest BCUT2D eigenvalue weighted by atomic mass is 10.1. The number of aromatic nitrogens is 2. The zero-order valence-electron chi connectivity index (χ0n) is 15.9. The van der Waals surface area contributed by atoms with Gasteiger partial charge < -0.3 is 5.32 Å². The van der Waals surface area contributed by atoms with E-state index in [1.54, 1.807) is 10.9 Å². The number of nitrogens with one attached hydrogen (secondary N) is 1. The maximum absolute atomic E-state index is 13.0. The minimum Gasteiger partial charge on any atom is -0.321 e. The Kier molecular flexibility index (Phi) is 5.51. The molecule has 4 rings (SSSR count). The number of carbonyl (C=O) groups is 1. The minimum absolute atomic E-state index is 0.128. The quantitative estimate of drug-likeness (QED) is 0.390. The molecule has 0 radical (unpaired) electrons. The molecule has 0 saturated heterocycles. The Morgan fingerprint density at radius 3 is 2.66 bits per heavy atom. The van der Waals surface area contributed by atoms with Crippen LogP contribution in [0.15, 0.2) is 59.7 Å². The fourth-order valence-corrected chi connectivity index (χ4v) is 4.90. The molecule has 1 amide bonds. The average molecular weight is 515 g/mol. The van der Waals surface area contributed by atoms with E-state index in [0.29, 0.717) is 27.2 Å². The minimum atomic E-state index is -0.219. The molecule has 0 bridgehead atoms. The molecule has 7 heteroatoms. The van der Waals surface area contributed by atoms with Crippen LogP contribution in [0.25, 0.3) is 10.2 Å². The summed E-state index contributed by atoms with van der Waals surface area (Å²) in [4.78, 5) is 31.5. The Labute approximate surface area is 185 Å². The highest BCUT2D eigenvalue weighted by Gasteiger charge is 2.20. The van der Waals surface area contributed by atoms with Gasteiger partial charge in [0.1, 0.15) is 4.83 Å². The van der Waals surface area contributed by atoms with E-state index < -0.39 is 0 Å². The van der Waals surface area contributed by atoms with Gasteiger partial charge in [-0.05, 0) is 71.3 Å². The van der Waals surface area contributed by atoms with Gasteiger partial charge >= 0.3 is 0 Å². The van der Waals surface area contributed by atoms with Crippen molar-refractivity contribution in [3.05, 3.63) is 90.3 Å². The second-order valence-electron chi connectivity index (χ2n) is 6.81. The molecule has 0 aliphatic carbocycles. The SMILES string of the molecule is Cc1cc(I)ccc1NC(=O)c1sc2ncn(Cc3ccccc3)c(=O)c2c1C. The maximum atomic E-state index is 13.0. The lowest BCUT2D eigenvalue weighted by Gasteiger charge is -2.08. The van der Waals surface area contributed by atoms with Gasteiger partial charge in [0.15, 0.2) is 0 Å². The molecule has 0 atom stereocenters. The first kappa shape index (κ1) is 19.8. The van der Waals surface area contributed by atoms with Gasteiger partial charge in [-0.15, -0.1) is 11.3 Å². The number of nitrogens with zero attached hydrogens (tertiary/aromatic N) is 2. The first-order chi connectivity index (χ1) is 13.9. The van der Waals surface area contributed by atoms with Crippen molar-refractivity contribution in [2.45, 2.75) is 20.4 Å². The summed E-state index contributed by atoms with van der Waals surface area (Å²) in [5.74, 6) is -0.219. The van der Waals surface area contributed by atoms with Gasteiger partial charge in [0, 0.05) is 9.26 Å². The van der Waals surface area contributed by atoms with Crippen LogP contribution in [0.1, 0.15) is 26.4 Å². The number of hydrogen-bond acceptors (Lipinski definition) is 4. The van der Waals surface area contributed by atoms with Crippen molar-refractivity contribution >= 4 is 55.7 Å². The molecule has 146 valence electrons. The summed E-state index contributed by atoms with van der Waals surface area (Å²) in [6, 6.07) is 15.6. The van der Waals surface area contributed by atoms with Gasteiger partial charge in [0.2, 0.25) is 0 Å². The second-order valence-corrected chi connectivity index (χ2v) is 9.06. The predicted molar refractivity (Wildman–Crippen MR) is 126 cm³/mol. The summed E-state index contributed by atoms with van der Waals surface area (Å²) in [6.45, 7) is 4.21. The fraction of sp³-hybridized carbons (Fsp3) is 0.136. The molecule has 0 spiro atoms. The van der Waals surface area contributed by atoms with Crippen LogP contribution in [0.3, 0.4) is 0 Å². The predicted octanol–water partition coefficient (Wildman–Crippen LogP) is 4.98. The summed E-state index contributed by atoms with van der Waals surface area (Å²) in [5.41, 5.74) is 3.33.